The number of carbonyl (C=O) groups excluding carboxylic acids is 2. The fourth-order valence-corrected chi connectivity index (χ4v) is 2.55. The van der Waals surface area contributed by atoms with Crippen molar-refractivity contribution >= 4 is 23.1 Å². The zero-order chi connectivity index (χ0) is 17.5. The Labute approximate surface area is 142 Å². The molecule has 0 spiro atoms. The quantitative estimate of drug-likeness (QED) is 0.450. The van der Waals surface area contributed by atoms with Gasteiger partial charge in [-0.3, -0.25) is 9.59 Å². The third-order valence-electron chi connectivity index (χ3n) is 3.87. The summed E-state index contributed by atoms with van der Waals surface area (Å²) in [6, 6.07) is 5.67. The minimum absolute atomic E-state index is 0.0916. The minimum Gasteiger partial charge on any atom is -0.469 e. The predicted molar refractivity (Wildman–Crippen MR) is 93.9 cm³/mol. The fourth-order valence-electron chi connectivity index (χ4n) is 2.55. The molecule has 0 saturated carbocycles. The van der Waals surface area contributed by atoms with Gasteiger partial charge in [-0.15, -0.1) is 0 Å². The lowest BCUT2D eigenvalue weighted by molar-refractivity contribution is -0.139. The largest absolute Gasteiger partial charge is 0.469 e. The van der Waals surface area contributed by atoms with E-state index in [4.69, 9.17) is 4.74 Å². The van der Waals surface area contributed by atoms with E-state index in [1.165, 1.54) is 19.3 Å². The topological polar surface area (TPSA) is 59.1 Å². The highest BCUT2D eigenvalue weighted by Crippen LogP contribution is 2.30. The van der Waals surface area contributed by atoms with Crippen molar-refractivity contribution in [2.45, 2.75) is 6.42 Å². The molecule has 130 valence electrons. The first-order valence-electron chi connectivity index (χ1n) is 7.94. The van der Waals surface area contributed by atoms with Crippen LogP contribution in [0.15, 0.2) is 30.4 Å². The summed E-state index contributed by atoms with van der Waals surface area (Å²) in [5.41, 5.74) is 2.69. The number of morpholine rings is 1. The maximum Gasteiger partial charge on any atom is 0.309 e. The molecule has 1 saturated heterocycles. The lowest BCUT2D eigenvalue weighted by Crippen LogP contribution is -2.37. The molecule has 0 amide bonds. The van der Waals surface area contributed by atoms with E-state index in [2.05, 4.69) is 9.64 Å². The molecule has 6 heteroatoms. The number of hydrogen-bond donors (Lipinski definition) is 0. The van der Waals surface area contributed by atoms with Crippen LogP contribution in [-0.4, -0.2) is 59.3 Å². The van der Waals surface area contributed by atoms with Crippen molar-refractivity contribution in [3.8, 4) is 0 Å². The molecule has 0 N–H and O–H groups in total. The van der Waals surface area contributed by atoms with E-state index in [-0.39, 0.29) is 18.2 Å². The Kier molecular flexibility index (Phi) is 6.37. The van der Waals surface area contributed by atoms with Crippen molar-refractivity contribution in [2.24, 2.45) is 0 Å². The first-order valence-corrected chi connectivity index (χ1v) is 7.94. The molecule has 0 aliphatic carbocycles. The molecule has 0 radical (unpaired) electrons. The van der Waals surface area contributed by atoms with Crippen LogP contribution >= 0.6 is 0 Å². The number of carbonyl (C=O) groups is 2. The van der Waals surface area contributed by atoms with Gasteiger partial charge in [0.05, 0.1) is 38.1 Å². The van der Waals surface area contributed by atoms with Gasteiger partial charge in [-0.25, -0.2) is 0 Å². The maximum atomic E-state index is 12.3. The summed E-state index contributed by atoms with van der Waals surface area (Å²) in [5.74, 6) is -0.491. The number of anilines is 2. The minimum atomic E-state index is -0.365. The molecule has 1 heterocycles. The Morgan fingerprint density at radius 3 is 2.62 bits per heavy atom. The smallest absolute Gasteiger partial charge is 0.309 e. The predicted octanol–water partition coefficient (Wildman–Crippen LogP) is 1.89. The molecule has 0 bridgehead atoms. The number of ketones is 1. The molecule has 2 rings (SSSR count). The molecule has 0 atom stereocenters. The zero-order valence-electron chi connectivity index (χ0n) is 14.4. The molecule has 1 fully saturated rings. The first-order chi connectivity index (χ1) is 11.5. The number of rotatable bonds is 6. The summed E-state index contributed by atoms with van der Waals surface area (Å²) in [6.07, 6.45) is 3.04. The summed E-state index contributed by atoms with van der Waals surface area (Å²) in [6.45, 7) is 2.97. The third-order valence-corrected chi connectivity index (χ3v) is 3.87. The van der Waals surface area contributed by atoms with E-state index in [1.807, 2.05) is 37.2 Å². The number of ether oxygens (including phenoxy) is 2. The second-order valence-electron chi connectivity index (χ2n) is 5.74. The van der Waals surface area contributed by atoms with E-state index in [9.17, 15) is 9.59 Å². The van der Waals surface area contributed by atoms with Gasteiger partial charge in [0.2, 0.25) is 0 Å². The Morgan fingerprint density at radius 1 is 1.29 bits per heavy atom. The van der Waals surface area contributed by atoms with Crippen molar-refractivity contribution in [3.05, 3.63) is 35.9 Å². The molecular weight excluding hydrogens is 308 g/mol. The monoisotopic (exact) mass is 332 g/mol. The number of methoxy groups -OCH3 is 1. The van der Waals surface area contributed by atoms with Gasteiger partial charge >= 0.3 is 5.97 Å². The van der Waals surface area contributed by atoms with Crippen LogP contribution in [-0.2, 0) is 14.3 Å². The van der Waals surface area contributed by atoms with E-state index >= 15 is 0 Å². The van der Waals surface area contributed by atoms with Gasteiger partial charge < -0.3 is 19.3 Å². The number of hydrogen-bond acceptors (Lipinski definition) is 6. The van der Waals surface area contributed by atoms with Crippen LogP contribution in [0.5, 0.6) is 0 Å². The lowest BCUT2D eigenvalue weighted by atomic mass is 10.1. The highest BCUT2D eigenvalue weighted by molar-refractivity contribution is 6.06. The average molecular weight is 332 g/mol. The van der Waals surface area contributed by atoms with Gasteiger partial charge in [-0.2, -0.15) is 0 Å². The van der Waals surface area contributed by atoms with Gasteiger partial charge in [-0.05, 0) is 24.3 Å². The van der Waals surface area contributed by atoms with E-state index in [0.717, 1.165) is 24.5 Å². The summed E-state index contributed by atoms with van der Waals surface area (Å²) in [4.78, 5) is 27.7. The number of nitrogens with zero attached hydrogens (tertiary/aromatic N) is 2. The van der Waals surface area contributed by atoms with Crippen molar-refractivity contribution in [1.29, 1.82) is 0 Å². The molecule has 24 heavy (non-hydrogen) atoms. The highest BCUT2D eigenvalue weighted by Gasteiger charge is 2.17. The Balaban J connectivity index is 2.21. The number of allylic oxidation sites excluding steroid dienone is 1. The van der Waals surface area contributed by atoms with Crippen LogP contribution in [0.25, 0.3) is 0 Å². The molecule has 6 nitrogen and oxygen atoms in total. The van der Waals surface area contributed by atoms with Crippen molar-refractivity contribution in [1.82, 2.24) is 0 Å². The fraction of sp³-hybridized carbons (Fsp3) is 0.444. The van der Waals surface area contributed by atoms with Gasteiger partial charge in [0.15, 0.2) is 5.78 Å². The SMILES string of the molecule is COC(=O)C/C=C/C(=O)c1ccc(N(C)C)c(N2CCOCC2)c1. The summed E-state index contributed by atoms with van der Waals surface area (Å²) in [5, 5.41) is 0. The van der Waals surface area contributed by atoms with Crippen LogP contribution in [0.4, 0.5) is 11.4 Å². The van der Waals surface area contributed by atoms with Crippen LogP contribution in [0.3, 0.4) is 0 Å². The van der Waals surface area contributed by atoms with Crippen LogP contribution < -0.4 is 9.80 Å². The standard InChI is InChI=1S/C18H24N2O4/c1-19(2)15-8-7-14(17(21)5-4-6-18(22)23-3)13-16(15)20-9-11-24-12-10-20/h4-5,7-8,13H,6,9-12H2,1-3H3/b5-4+. The molecule has 0 unspecified atom stereocenters. The van der Waals surface area contributed by atoms with Gasteiger partial charge in [0.1, 0.15) is 0 Å². The van der Waals surface area contributed by atoms with Crippen LogP contribution in [0.2, 0.25) is 0 Å². The zero-order valence-corrected chi connectivity index (χ0v) is 14.4. The Bertz CT molecular complexity index is 619. The molecule has 1 aliphatic heterocycles. The van der Waals surface area contributed by atoms with Crippen molar-refractivity contribution in [2.75, 3.05) is 57.3 Å². The maximum absolute atomic E-state index is 12.3. The van der Waals surface area contributed by atoms with Crippen LogP contribution in [0, 0.1) is 0 Å². The highest BCUT2D eigenvalue weighted by atomic mass is 16.5. The Hall–Kier alpha value is -2.34. The molecule has 1 aromatic rings. The third kappa shape index (κ3) is 4.58. The van der Waals surface area contributed by atoms with E-state index in [0.29, 0.717) is 18.8 Å². The number of esters is 1. The van der Waals surface area contributed by atoms with Gasteiger partial charge in [0.25, 0.3) is 0 Å². The van der Waals surface area contributed by atoms with Gasteiger partial charge in [0, 0.05) is 32.7 Å². The first kappa shape index (κ1) is 18.0. The second-order valence-corrected chi connectivity index (χ2v) is 5.74. The molecule has 1 aliphatic rings. The summed E-state index contributed by atoms with van der Waals surface area (Å²) < 4.78 is 9.96. The Morgan fingerprint density at radius 2 is 2.00 bits per heavy atom. The summed E-state index contributed by atoms with van der Waals surface area (Å²) in [7, 11) is 5.29. The molecular formula is C18H24N2O4. The van der Waals surface area contributed by atoms with Crippen LogP contribution in [0.1, 0.15) is 16.8 Å². The number of benzene rings is 1. The lowest BCUT2D eigenvalue weighted by Gasteiger charge is -2.32. The van der Waals surface area contributed by atoms with E-state index < -0.39 is 0 Å². The van der Waals surface area contributed by atoms with Gasteiger partial charge in [-0.1, -0.05) is 6.08 Å². The van der Waals surface area contributed by atoms with Crippen molar-refractivity contribution < 1.29 is 19.1 Å². The van der Waals surface area contributed by atoms with E-state index in [1.54, 1.807) is 0 Å². The normalized spacial score (nSPS) is 14.7. The summed E-state index contributed by atoms with van der Waals surface area (Å²) >= 11 is 0. The van der Waals surface area contributed by atoms with Crippen molar-refractivity contribution in [3.63, 3.8) is 0 Å². The molecule has 1 aromatic carbocycles. The second kappa shape index (κ2) is 8.49. The average Bonchev–Trinajstić information content (AvgIpc) is 2.61. The molecule has 0 aromatic heterocycles.